The average molecular weight is 404 g/mol. The number of hydrogen-bond acceptors (Lipinski definition) is 4. The zero-order valence-electron chi connectivity index (χ0n) is 15.6. The van der Waals surface area contributed by atoms with E-state index in [-0.39, 0.29) is 10.7 Å². The minimum Gasteiger partial charge on any atom is -0.496 e. The summed E-state index contributed by atoms with van der Waals surface area (Å²) in [5, 5.41) is 1.20. The Hall–Kier alpha value is -2.05. The van der Waals surface area contributed by atoms with Crippen LogP contribution in [0.1, 0.15) is 29.9 Å². The van der Waals surface area contributed by atoms with E-state index in [4.69, 9.17) is 16.3 Å². The maximum atomic E-state index is 12.8. The lowest BCUT2D eigenvalue weighted by Gasteiger charge is -2.19. The smallest absolute Gasteiger partial charge is 0.283 e. The monoisotopic (exact) mass is 403 g/mol. The molecule has 27 heavy (non-hydrogen) atoms. The second-order valence-electron chi connectivity index (χ2n) is 6.90. The number of hydrogen-bond donors (Lipinski definition) is 0. The summed E-state index contributed by atoms with van der Waals surface area (Å²) < 4.78 is 5.27. The summed E-state index contributed by atoms with van der Waals surface area (Å²) in [6.45, 7) is 5.88. The second-order valence-corrected chi connectivity index (χ2v) is 9.01. The molecule has 5 nitrogen and oxygen atoms in total. The zero-order valence-corrected chi connectivity index (χ0v) is 17.2. The topological polar surface area (TPSA) is 54.8 Å². The molecular formula is C20H22ClN3O2S. The van der Waals surface area contributed by atoms with E-state index in [2.05, 4.69) is 28.7 Å². The third kappa shape index (κ3) is 5.02. The number of amidine groups is 1. The van der Waals surface area contributed by atoms with Crippen molar-refractivity contribution in [3.63, 3.8) is 0 Å². The number of nitrogens with zero attached hydrogens (tertiary/aromatic N) is 3. The van der Waals surface area contributed by atoms with E-state index in [1.54, 1.807) is 36.2 Å². The van der Waals surface area contributed by atoms with Gasteiger partial charge in [0, 0.05) is 41.2 Å². The van der Waals surface area contributed by atoms with Crippen LogP contribution in [0.3, 0.4) is 0 Å². The molecule has 1 aliphatic rings. The van der Waals surface area contributed by atoms with Crippen molar-refractivity contribution < 1.29 is 9.53 Å². The lowest BCUT2D eigenvalue weighted by Crippen LogP contribution is -2.31. The van der Waals surface area contributed by atoms with Gasteiger partial charge in [-0.15, -0.1) is 0 Å². The van der Waals surface area contributed by atoms with E-state index in [0.29, 0.717) is 16.3 Å². The number of benzene rings is 1. The van der Waals surface area contributed by atoms with Crippen molar-refractivity contribution in [2.45, 2.75) is 25.0 Å². The predicted molar refractivity (Wildman–Crippen MR) is 111 cm³/mol. The summed E-state index contributed by atoms with van der Waals surface area (Å²) in [5.74, 6) is 0.119. The number of ether oxygens (including phenoxy) is 1. The Labute approximate surface area is 168 Å². The van der Waals surface area contributed by atoms with Gasteiger partial charge in [-0.25, -0.2) is 0 Å². The molecular weight excluding hydrogens is 382 g/mol. The number of aliphatic imine (C=N–C) groups is 1. The third-order valence-corrected chi connectivity index (χ3v) is 5.61. The van der Waals surface area contributed by atoms with Gasteiger partial charge in [0.1, 0.15) is 5.75 Å². The SMILES string of the molecule is COc1ccc(Cl)cc1C(=O)N=C1SC(C)(C)CN1CCc1ccccn1. The minimum absolute atomic E-state index is 0.0123. The van der Waals surface area contributed by atoms with Crippen LogP contribution in [0.15, 0.2) is 47.6 Å². The summed E-state index contributed by atoms with van der Waals surface area (Å²) in [6.07, 6.45) is 2.59. The molecule has 0 saturated carbocycles. The third-order valence-electron chi connectivity index (χ3n) is 4.16. The van der Waals surface area contributed by atoms with Crippen LogP contribution in [0.5, 0.6) is 5.75 Å². The van der Waals surface area contributed by atoms with Gasteiger partial charge in [0.15, 0.2) is 5.17 Å². The van der Waals surface area contributed by atoms with Gasteiger partial charge in [0.05, 0.1) is 12.7 Å². The molecule has 0 aliphatic carbocycles. The number of pyridine rings is 1. The molecule has 1 aliphatic heterocycles. The normalized spacial score (nSPS) is 17.3. The van der Waals surface area contributed by atoms with Gasteiger partial charge >= 0.3 is 0 Å². The lowest BCUT2D eigenvalue weighted by molar-refractivity contribution is 0.0999. The van der Waals surface area contributed by atoms with Gasteiger partial charge in [0.2, 0.25) is 0 Å². The first-order valence-corrected chi connectivity index (χ1v) is 9.88. The van der Waals surface area contributed by atoms with Gasteiger partial charge < -0.3 is 9.64 Å². The minimum atomic E-state index is -0.350. The highest BCUT2D eigenvalue weighted by Crippen LogP contribution is 2.36. The maximum Gasteiger partial charge on any atom is 0.283 e. The van der Waals surface area contributed by atoms with E-state index in [1.807, 2.05) is 18.2 Å². The number of carbonyl (C=O) groups excluding carboxylic acids is 1. The van der Waals surface area contributed by atoms with Crippen LogP contribution in [0.2, 0.25) is 5.02 Å². The van der Waals surface area contributed by atoms with E-state index in [0.717, 1.165) is 30.4 Å². The highest BCUT2D eigenvalue weighted by atomic mass is 35.5. The Morgan fingerprint density at radius 3 is 2.89 bits per heavy atom. The fourth-order valence-corrected chi connectivity index (χ4v) is 4.23. The van der Waals surface area contributed by atoms with Crippen molar-refractivity contribution in [1.29, 1.82) is 0 Å². The van der Waals surface area contributed by atoms with E-state index < -0.39 is 0 Å². The van der Waals surface area contributed by atoms with Crippen molar-refractivity contribution in [3.8, 4) is 5.75 Å². The van der Waals surface area contributed by atoms with E-state index in [1.165, 1.54) is 7.11 Å². The first-order valence-electron chi connectivity index (χ1n) is 8.68. The predicted octanol–water partition coefficient (Wildman–Crippen LogP) is 4.31. The molecule has 3 rings (SSSR count). The summed E-state index contributed by atoms with van der Waals surface area (Å²) in [7, 11) is 1.53. The highest BCUT2D eigenvalue weighted by molar-refractivity contribution is 8.15. The lowest BCUT2D eigenvalue weighted by atomic mass is 10.2. The molecule has 142 valence electrons. The molecule has 0 radical (unpaired) electrons. The molecule has 1 amide bonds. The quantitative estimate of drug-likeness (QED) is 0.744. The van der Waals surface area contributed by atoms with Crippen LogP contribution < -0.4 is 4.74 Å². The van der Waals surface area contributed by atoms with Crippen LogP contribution in [0, 0.1) is 0 Å². The number of methoxy groups -OCH3 is 1. The van der Waals surface area contributed by atoms with Gasteiger partial charge in [-0.1, -0.05) is 29.4 Å². The summed E-state index contributed by atoms with van der Waals surface area (Å²) in [4.78, 5) is 23.7. The number of rotatable bonds is 5. The number of halogens is 1. The van der Waals surface area contributed by atoms with Crippen LogP contribution in [0.25, 0.3) is 0 Å². The van der Waals surface area contributed by atoms with Crippen molar-refractivity contribution in [2.75, 3.05) is 20.2 Å². The first-order chi connectivity index (χ1) is 12.9. The maximum absolute atomic E-state index is 12.8. The Balaban J connectivity index is 1.81. The molecule has 0 spiro atoms. The molecule has 1 saturated heterocycles. The second kappa shape index (κ2) is 8.31. The fourth-order valence-electron chi connectivity index (χ4n) is 2.93. The molecule has 7 heteroatoms. The Morgan fingerprint density at radius 1 is 1.37 bits per heavy atom. The van der Waals surface area contributed by atoms with Gasteiger partial charge in [-0.3, -0.25) is 9.78 Å². The van der Waals surface area contributed by atoms with E-state index in [9.17, 15) is 4.79 Å². The number of carbonyl (C=O) groups is 1. The van der Waals surface area contributed by atoms with Crippen LogP contribution in [-0.4, -0.2) is 45.9 Å². The van der Waals surface area contributed by atoms with E-state index >= 15 is 0 Å². The van der Waals surface area contributed by atoms with Gasteiger partial charge in [-0.05, 0) is 44.2 Å². The molecule has 0 N–H and O–H groups in total. The van der Waals surface area contributed by atoms with Gasteiger partial charge in [0.25, 0.3) is 5.91 Å². The Kier molecular flexibility index (Phi) is 6.07. The molecule has 0 atom stereocenters. The Morgan fingerprint density at radius 2 is 2.19 bits per heavy atom. The standard InChI is InChI=1S/C20H22ClN3O2S/c1-20(2)13-24(11-9-15-6-4-5-10-22-15)19(27-20)23-18(25)16-12-14(21)7-8-17(16)26-3/h4-8,10,12H,9,11,13H2,1-3H3. The molecule has 2 heterocycles. The average Bonchev–Trinajstić information content (AvgIpc) is 2.94. The number of aromatic nitrogens is 1. The van der Waals surface area contributed by atoms with Gasteiger partial charge in [-0.2, -0.15) is 4.99 Å². The number of thioether (sulfide) groups is 1. The van der Waals surface area contributed by atoms with Crippen molar-refractivity contribution in [2.24, 2.45) is 4.99 Å². The molecule has 0 bridgehead atoms. The Bertz CT molecular complexity index is 856. The summed E-state index contributed by atoms with van der Waals surface area (Å²) in [5.41, 5.74) is 1.39. The fraction of sp³-hybridized carbons (Fsp3) is 0.350. The van der Waals surface area contributed by atoms with Crippen LogP contribution in [-0.2, 0) is 6.42 Å². The number of amides is 1. The molecule has 0 unspecified atom stereocenters. The molecule has 1 fully saturated rings. The molecule has 1 aromatic heterocycles. The largest absolute Gasteiger partial charge is 0.496 e. The van der Waals surface area contributed by atoms with Crippen LogP contribution in [0.4, 0.5) is 0 Å². The van der Waals surface area contributed by atoms with Crippen molar-refractivity contribution in [3.05, 3.63) is 58.9 Å². The van der Waals surface area contributed by atoms with Crippen molar-refractivity contribution in [1.82, 2.24) is 9.88 Å². The summed E-state index contributed by atoms with van der Waals surface area (Å²) in [6, 6.07) is 10.9. The molecule has 1 aromatic carbocycles. The highest BCUT2D eigenvalue weighted by Gasteiger charge is 2.35. The van der Waals surface area contributed by atoms with Crippen LogP contribution >= 0.6 is 23.4 Å². The first kappa shape index (κ1) is 19.7. The van der Waals surface area contributed by atoms with Crippen molar-refractivity contribution >= 4 is 34.4 Å². The summed E-state index contributed by atoms with van der Waals surface area (Å²) >= 11 is 7.66. The zero-order chi connectivity index (χ0) is 19.4. The molecule has 2 aromatic rings.